The lowest BCUT2D eigenvalue weighted by atomic mass is 10.2. The minimum absolute atomic E-state index is 0.794. The van der Waals surface area contributed by atoms with Crippen LogP contribution in [0.3, 0.4) is 0 Å². The van der Waals surface area contributed by atoms with Crippen molar-refractivity contribution in [1.29, 1.82) is 0 Å². The second-order valence-corrected chi connectivity index (χ2v) is 5.20. The van der Waals surface area contributed by atoms with Crippen molar-refractivity contribution < 1.29 is 0 Å². The van der Waals surface area contributed by atoms with E-state index in [0.29, 0.717) is 0 Å². The van der Waals surface area contributed by atoms with Crippen molar-refractivity contribution in [1.82, 2.24) is 9.55 Å². The molecule has 0 atom stereocenters. The van der Waals surface area contributed by atoms with Crippen molar-refractivity contribution in [3.05, 3.63) is 46.7 Å². The van der Waals surface area contributed by atoms with Crippen molar-refractivity contribution in [2.75, 3.05) is 5.32 Å². The van der Waals surface area contributed by atoms with E-state index in [1.54, 1.807) is 0 Å². The number of rotatable bonds is 6. The molecule has 1 aromatic heterocycles. The molecule has 3 nitrogen and oxygen atoms in total. The molecule has 4 heteroatoms. The first-order valence-electron chi connectivity index (χ1n) is 6.29. The maximum Gasteiger partial charge on any atom is 0.203 e. The molecule has 0 bridgehead atoms. The molecule has 18 heavy (non-hydrogen) atoms. The molecule has 96 valence electrons. The Balaban J connectivity index is 1.95. The summed E-state index contributed by atoms with van der Waals surface area (Å²) in [6.07, 6.45) is 6.25. The Morgan fingerprint density at radius 1 is 1.39 bits per heavy atom. The Morgan fingerprint density at radius 2 is 2.28 bits per heavy atom. The summed E-state index contributed by atoms with van der Waals surface area (Å²) in [6.45, 7) is 4.02. The van der Waals surface area contributed by atoms with Crippen molar-refractivity contribution in [3.8, 4) is 0 Å². The molecular weight excluding hydrogens is 290 g/mol. The molecular formula is C14H18BrN3. The van der Waals surface area contributed by atoms with Gasteiger partial charge in [-0.25, -0.2) is 4.98 Å². The highest BCUT2D eigenvalue weighted by Gasteiger charge is 2.01. The lowest BCUT2D eigenvalue weighted by Crippen LogP contribution is -2.07. The number of halogens is 1. The Hall–Kier alpha value is -1.29. The van der Waals surface area contributed by atoms with Gasteiger partial charge in [0.15, 0.2) is 0 Å². The summed E-state index contributed by atoms with van der Waals surface area (Å²) < 4.78 is 3.28. The molecule has 0 aliphatic carbocycles. The Labute approximate surface area is 116 Å². The van der Waals surface area contributed by atoms with Gasteiger partial charge in [-0.15, -0.1) is 0 Å². The number of unbranched alkanes of at least 4 members (excludes halogenated alkanes) is 1. The zero-order valence-corrected chi connectivity index (χ0v) is 12.2. The van der Waals surface area contributed by atoms with Crippen LogP contribution in [0.15, 0.2) is 41.1 Å². The third-order valence-electron chi connectivity index (χ3n) is 2.81. The van der Waals surface area contributed by atoms with E-state index in [9.17, 15) is 0 Å². The van der Waals surface area contributed by atoms with Gasteiger partial charge >= 0.3 is 0 Å². The van der Waals surface area contributed by atoms with Gasteiger partial charge in [-0.05, 0) is 24.1 Å². The van der Waals surface area contributed by atoms with Crippen LogP contribution in [0.4, 0.5) is 5.95 Å². The second kappa shape index (κ2) is 6.59. The van der Waals surface area contributed by atoms with Gasteiger partial charge < -0.3 is 9.88 Å². The van der Waals surface area contributed by atoms with Crippen LogP contribution in [0.25, 0.3) is 0 Å². The fourth-order valence-corrected chi connectivity index (χ4v) is 2.26. The number of benzene rings is 1. The number of aromatic nitrogens is 2. The number of nitrogens with zero attached hydrogens (tertiary/aromatic N) is 2. The summed E-state index contributed by atoms with van der Waals surface area (Å²) in [4.78, 5) is 4.35. The normalized spacial score (nSPS) is 10.6. The fraction of sp³-hybridized carbons (Fsp3) is 0.357. The van der Waals surface area contributed by atoms with E-state index in [0.717, 1.165) is 23.5 Å². The quantitative estimate of drug-likeness (QED) is 0.872. The van der Waals surface area contributed by atoms with Gasteiger partial charge in [0.25, 0.3) is 0 Å². The van der Waals surface area contributed by atoms with E-state index in [4.69, 9.17) is 0 Å². The van der Waals surface area contributed by atoms with Crippen molar-refractivity contribution in [2.24, 2.45) is 0 Å². The van der Waals surface area contributed by atoms with Crippen LogP contribution in [-0.2, 0) is 13.1 Å². The van der Waals surface area contributed by atoms with Gasteiger partial charge in [-0.2, -0.15) is 0 Å². The molecule has 2 rings (SSSR count). The largest absolute Gasteiger partial charge is 0.352 e. The number of imidazole rings is 1. The van der Waals surface area contributed by atoms with E-state index < -0.39 is 0 Å². The van der Waals surface area contributed by atoms with Crippen LogP contribution < -0.4 is 5.32 Å². The molecule has 1 N–H and O–H groups in total. The summed E-state index contributed by atoms with van der Waals surface area (Å²) >= 11 is 3.48. The Kier molecular flexibility index (Phi) is 4.81. The molecule has 0 saturated carbocycles. The van der Waals surface area contributed by atoms with Gasteiger partial charge in [-0.1, -0.05) is 41.4 Å². The van der Waals surface area contributed by atoms with Gasteiger partial charge in [0, 0.05) is 30.0 Å². The lowest BCUT2D eigenvalue weighted by molar-refractivity contribution is 0.635. The molecule has 1 heterocycles. The molecule has 0 spiro atoms. The molecule has 0 aliphatic rings. The zero-order valence-electron chi connectivity index (χ0n) is 10.6. The Bertz CT molecular complexity index is 493. The average molecular weight is 308 g/mol. The van der Waals surface area contributed by atoms with E-state index >= 15 is 0 Å². The molecule has 0 radical (unpaired) electrons. The number of nitrogens with one attached hydrogen (secondary N) is 1. The third kappa shape index (κ3) is 3.60. The van der Waals surface area contributed by atoms with Crippen molar-refractivity contribution >= 4 is 21.9 Å². The zero-order chi connectivity index (χ0) is 12.8. The van der Waals surface area contributed by atoms with Gasteiger partial charge in [0.1, 0.15) is 0 Å². The molecule has 0 unspecified atom stereocenters. The standard InChI is InChI=1S/C14H18BrN3/c1-2-3-8-18-9-7-16-14(18)17-11-12-5-4-6-13(15)10-12/h4-7,9-10H,2-3,8,11H2,1H3,(H,16,17). The fourth-order valence-electron chi connectivity index (χ4n) is 1.81. The highest BCUT2D eigenvalue weighted by atomic mass is 79.9. The van der Waals surface area contributed by atoms with E-state index in [1.165, 1.54) is 18.4 Å². The van der Waals surface area contributed by atoms with Crippen LogP contribution in [0.2, 0.25) is 0 Å². The molecule has 2 aromatic rings. The Morgan fingerprint density at radius 3 is 3.06 bits per heavy atom. The summed E-state index contributed by atoms with van der Waals surface area (Å²) in [5.41, 5.74) is 1.24. The highest BCUT2D eigenvalue weighted by Crippen LogP contribution is 2.13. The minimum Gasteiger partial charge on any atom is -0.352 e. The SMILES string of the molecule is CCCCn1ccnc1NCc1cccc(Br)c1. The third-order valence-corrected chi connectivity index (χ3v) is 3.30. The van der Waals surface area contributed by atoms with Crippen molar-refractivity contribution in [2.45, 2.75) is 32.9 Å². The maximum absolute atomic E-state index is 4.35. The van der Waals surface area contributed by atoms with Crippen LogP contribution in [-0.4, -0.2) is 9.55 Å². The molecule has 1 aromatic carbocycles. The van der Waals surface area contributed by atoms with Crippen molar-refractivity contribution in [3.63, 3.8) is 0 Å². The molecule has 0 amide bonds. The number of hydrogen-bond donors (Lipinski definition) is 1. The maximum atomic E-state index is 4.35. The topological polar surface area (TPSA) is 29.9 Å². The molecule has 0 saturated heterocycles. The predicted molar refractivity (Wildman–Crippen MR) is 78.6 cm³/mol. The van der Waals surface area contributed by atoms with Crippen LogP contribution in [0, 0.1) is 0 Å². The first kappa shape index (κ1) is 13.1. The van der Waals surface area contributed by atoms with E-state index in [-0.39, 0.29) is 0 Å². The molecule has 0 fully saturated rings. The van der Waals surface area contributed by atoms with E-state index in [1.807, 2.05) is 24.5 Å². The van der Waals surface area contributed by atoms with Crippen LogP contribution in [0.5, 0.6) is 0 Å². The number of hydrogen-bond acceptors (Lipinski definition) is 2. The summed E-state index contributed by atoms with van der Waals surface area (Å²) in [7, 11) is 0. The van der Waals surface area contributed by atoms with Crippen LogP contribution >= 0.6 is 15.9 Å². The summed E-state index contributed by atoms with van der Waals surface area (Å²) in [6, 6.07) is 8.31. The average Bonchev–Trinajstić information content (AvgIpc) is 2.81. The van der Waals surface area contributed by atoms with Gasteiger partial charge in [0.05, 0.1) is 0 Å². The van der Waals surface area contributed by atoms with E-state index in [2.05, 4.69) is 49.9 Å². The predicted octanol–water partition coefficient (Wildman–Crippen LogP) is 4.06. The number of anilines is 1. The first-order valence-corrected chi connectivity index (χ1v) is 7.08. The molecule has 0 aliphatic heterocycles. The summed E-state index contributed by atoms with van der Waals surface area (Å²) in [5.74, 6) is 0.948. The number of aryl methyl sites for hydroxylation is 1. The minimum atomic E-state index is 0.794. The summed E-state index contributed by atoms with van der Waals surface area (Å²) in [5, 5.41) is 3.38. The van der Waals surface area contributed by atoms with Crippen LogP contribution in [0.1, 0.15) is 25.3 Å². The van der Waals surface area contributed by atoms with Gasteiger partial charge in [0.2, 0.25) is 5.95 Å². The lowest BCUT2D eigenvalue weighted by Gasteiger charge is -2.09. The van der Waals surface area contributed by atoms with Gasteiger partial charge in [-0.3, -0.25) is 0 Å². The highest BCUT2D eigenvalue weighted by molar-refractivity contribution is 9.10. The first-order chi connectivity index (χ1) is 8.79. The smallest absolute Gasteiger partial charge is 0.203 e. The monoisotopic (exact) mass is 307 g/mol. The second-order valence-electron chi connectivity index (χ2n) is 4.28.